The Morgan fingerprint density at radius 1 is 1.43 bits per heavy atom. The molecule has 74 valence electrons. The SMILES string of the molecule is C#CCNC(CN)c1ccc(Cl)cc1. The van der Waals surface area contributed by atoms with Crippen LogP contribution in [0.5, 0.6) is 0 Å². The topological polar surface area (TPSA) is 38.0 Å². The van der Waals surface area contributed by atoms with Crippen LogP contribution < -0.4 is 11.1 Å². The van der Waals surface area contributed by atoms with Gasteiger partial charge in [0.2, 0.25) is 0 Å². The first kappa shape index (κ1) is 11.1. The Morgan fingerprint density at radius 3 is 2.57 bits per heavy atom. The van der Waals surface area contributed by atoms with Gasteiger partial charge in [0, 0.05) is 17.6 Å². The third-order valence-electron chi connectivity index (χ3n) is 1.96. The molecule has 0 aromatic heterocycles. The van der Waals surface area contributed by atoms with Crippen LogP contribution in [-0.2, 0) is 0 Å². The molecule has 0 saturated heterocycles. The number of terminal acetylenes is 1. The second kappa shape index (κ2) is 5.66. The van der Waals surface area contributed by atoms with Gasteiger partial charge in [0.15, 0.2) is 0 Å². The van der Waals surface area contributed by atoms with Crippen molar-refractivity contribution in [2.75, 3.05) is 13.1 Å². The van der Waals surface area contributed by atoms with Gasteiger partial charge in [0.25, 0.3) is 0 Å². The minimum absolute atomic E-state index is 0.100. The predicted octanol–water partition coefficient (Wildman–Crippen LogP) is 1.56. The molecular weight excluding hydrogens is 196 g/mol. The lowest BCUT2D eigenvalue weighted by atomic mass is 10.1. The third kappa shape index (κ3) is 3.04. The second-order valence-corrected chi connectivity index (χ2v) is 3.36. The number of rotatable bonds is 4. The molecule has 0 radical (unpaired) electrons. The standard InChI is InChI=1S/C11H13ClN2/c1-2-7-14-11(8-13)9-3-5-10(12)6-4-9/h1,3-6,11,14H,7-8,13H2. The summed E-state index contributed by atoms with van der Waals surface area (Å²) in [6.07, 6.45) is 5.16. The van der Waals surface area contributed by atoms with Crippen LogP contribution in [0.15, 0.2) is 24.3 Å². The maximum absolute atomic E-state index is 5.78. The van der Waals surface area contributed by atoms with Crippen LogP contribution in [0.25, 0.3) is 0 Å². The van der Waals surface area contributed by atoms with E-state index in [1.807, 2.05) is 24.3 Å². The van der Waals surface area contributed by atoms with Gasteiger partial charge < -0.3 is 5.73 Å². The molecule has 0 bridgehead atoms. The molecule has 0 saturated carbocycles. The molecule has 0 heterocycles. The molecule has 1 atom stereocenters. The van der Waals surface area contributed by atoms with Crippen molar-refractivity contribution in [1.29, 1.82) is 0 Å². The Bertz CT molecular complexity index is 313. The Labute approximate surface area is 89.4 Å². The minimum atomic E-state index is 0.100. The van der Waals surface area contributed by atoms with E-state index in [2.05, 4.69) is 11.2 Å². The molecule has 1 aromatic carbocycles. The molecule has 2 nitrogen and oxygen atoms in total. The summed E-state index contributed by atoms with van der Waals surface area (Å²) in [5.74, 6) is 2.52. The van der Waals surface area contributed by atoms with Gasteiger partial charge in [-0.1, -0.05) is 29.7 Å². The van der Waals surface area contributed by atoms with E-state index in [1.54, 1.807) is 0 Å². The zero-order chi connectivity index (χ0) is 10.4. The lowest BCUT2D eigenvalue weighted by Crippen LogP contribution is -2.28. The third-order valence-corrected chi connectivity index (χ3v) is 2.21. The summed E-state index contributed by atoms with van der Waals surface area (Å²) in [6.45, 7) is 1.04. The predicted molar refractivity (Wildman–Crippen MR) is 60.1 cm³/mol. The first-order valence-corrected chi connectivity index (χ1v) is 4.78. The van der Waals surface area contributed by atoms with Gasteiger partial charge in [0.05, 0.1) is 6.54 Å². The number of nitrogens with one attached hydrogen (secondary N) is 1. The van der Waals surface area contributed by atoms with E-state index in [-0.39, 0.29) is 6.04 Å². The lowest BCUT2D eigenvalue weighted by molar-refractivity contribution is 0.582. The van der Waals surface area contributed by atoms with Gasteiger partial charge in [-0.05, 0) is 17.7 Å². The lowest BCUT2D eigenvalue weighted by Gasteiger charge is -2.15. The molecule has 0 spiro atoms. The first-order valence-electron chi connectivity index (χ1n) is 4.40. The van der Waals surface area contributed by atoms with Crippen LogP contribution in [0.1, 0.15) is 11.6 Å². The van der Waals surface area contributed by atoms with E-state index in [1.165, 1.54) is 0 Å². The van der Waals surface area contributed by atoms with Crippen LogP contribution in [0.3, 0.4) is 0 Å². The smallest absolute Gasteiger partial charge is 0.0578 e. The van der Waals surface area contributed by atoms with E-state index in [9.17, 15) is 0 Å². The molecule has 0 fully saturated rings. The van der Waals surface area contributed by atoms with Crippen molar-refractivity contribution >= 4 is 11.6 Å². The molecule has 0 aliphatic rings. The quantitative estimate of drug-likeness (QED) is 0.738. The zero-order valence-corrected chi connectivity index (χ0v) is 8.59. The summed E-state index contributed by atoms with van der Waals surface area (Å²) in [5, 5.41) is 3.87. The zero-order valence-electron chi connectivity index (χ0n) is 7.83. The maximum atomic E-state index is 5.78. The highest BCUT2D eigenvalue weighted by molar-refractivity contribution is 6.30. The van der Waals surface area contributed by atoms with Crippen molar-refractivity contribution in [3.8, 4) is 12.3 Å². The van der Waals surface area contributed by atoms with Crippen LogP contribution in [0.4, 0.5) is 0 Å². The van der Waals surface area contributed by atoms with Crippen LogP contribution in [-0.4, -0.2) is 13.1 Å². The number of hydrogen-bond acceptors (Lipinski definition) is 2. The van der Waals surface area contributed by atoms with Crippen molar-refractivity contribution < 1.29 is 0 Å². The van der Waals surface area contributed by atoms with Gasteiger partial charge in [0.1, 0.15) is 0 Å². The summed E-state index contributed by atoms with van der Waals surface area (Å²) >= 11 is 5.78. The summed E-state index contributed by atoms with van der Waals surface area (Å²) < 4.78 is 0. The van der Waals surface area contributed by atoms with Gasteiger partial charge in [-0.3, -0.25) is 5.32 Å². The highest BCUT2D eigenvalue weighted by atomic mass is 35.5. The highest BCUT2D eigenvalue weighted by Crippen LogP contribution is 2.15. The van der Waals surface area contributed by atoms with E-state index >= 15 is 0 Å². The number of nitrogens with two attached hydrogens (primary N) is 1. The number of hydrogen-bond donors (Lipinski definition) is 2. The van der Waals surface area contributed by atoms with Crippen molar-refractivity contribution in [2.45, 2.75) is 6.04 Å². The minimum Gasteiger partial charge on any atom is -0.329 e. The molecule has 0 aliphatic heterocycles. The normalized spacial score (nSPS) is 12.1. The Kier molecular flexibility index (Phi) is 4.48. The summed E-state index contributed by atoms with van der Waals surface area (Å²) in [7, 11) is 0. The second-order valence-electron chi connectivity index (χ2n) is 2.92. The first-order chi connectivity index (χ1) is 6.77. The molecule has 0 amide bonds. The Balaban J connectivity index is 2.69. The molecule has 3 heteroatoms. The van der Waals surface area contributed by atoms with Crippen molar-refractivity contribution in [2.24, 2.45) is 5.73 Å². The van der Waals surface area contributed by atoms with Crippen molar-refractivity contribution in [1.82, 2.24) is 5.32 Å². The monoisotopic (exact) mass is 208 g/mol. The van der Waals surface area contributed by atoms with Gasteiger partial charge in [-0.2, -0.15) is 0 Å². The number of halogens is 1. The summed E-state index contributed by atoms with van der Waals surface area (Å²) in [5.41, 5.74) is 6.72. The van der Waals surface area contributed by atoms with E-state index in [0.717, 1.165) is 10.6 Å². The molecular formula is C11H13ClN2. The summed E-state index contributed by atoms with van der Waals surface area (Å²) in [4.78, 5) is 0. The van der Waals surface area contributed by atoms with Gasteiger partial charge in [-0.25, -0.2) is 0 Å². The fourth-order valence-corrected chi connectivity index (χ4v) is 1.34. The Morgan fingerprint density at radius 2 is 2.07 bits per heavy atom. The molecule has 1 rings (SSSR count). The largest absolute Gasteiger partial charge is 0.329 e. The molecule has 1 unspecified atom stereocenters. The number of benzene rings is 1. The highest BCUT2D eigenvalue weighted by Gasteiger charge is 2.06. The molecule has 3 N–H and O–H groups in total. The fraction of sp³-hybridized carbons (Fsp3) is 0.273. The average Bonchev–Trinajstić information content (AvgIpc) is 2.21. The van der Waals surface area contributed by atoms with Crippen LogP contribution in [0, 0.1) is 12.3 Å². The van der Waals surface area contributed by atoms with Crippen molar-refractivity contribution in [3.05, 3.63) is 34.9 Å². The van der Waals surface area contributed by atoms with Crippen molar-refractivity contribution in [3.63, 3.8) is 0 Å². The van der Waals surface area contributed by atoms with Gasteiger partial charge >= 0.3 is 0 Å². The molecule has 14 heavy (non-hydrogen) atoms. The molecule has 0 aliphatic carbocycles. The fourth-order valence-electron chi connectivity index (χ4n) is 1.21. The maximum Gasteiger partial charge on any atom is 0.0578 e. The summed E-state index contributed by atoms with van der Waals surface area (Å²) in [6, 6.07) is 7.68. The molecule has 1 aromatic rings. The van der Waals surface area contributed by atoms with Gasteiger partial charge in [-0.15, -0.1) is 6.42 Å². The van der Waals surface area contributed by atoms with E-state index < -0.39 is 0 Å². The Hall–Kier alpha value is -1.01. The van der Waals surface area contributed by atoms with E-state index in [0.29, 0.717) is 13.1 Å². The van der Waals surface area contributed by atoms with Crippen LogP contribution in [0.2, 0.25) is 5.02 Å². The van der Waals surface area contributed by atoms with E-state index in [4.69, 9.17) is 23.8 Å². The van der Waals surface area contributed by atoms with Crippen LogP contribution >= 0.6 is 11.6 Å². The average molecular weight is 209 g/mol.